The SMILES string of the molecule is COC(=O)C1=C[C@H](OC(=O)OC(C)(C)C)[C@@H](NC(C)=O)N(C(=O)OC(C)(C)C)C1. The van der Waals surface area contributed by atoms with Crippen LogP contribution in [0.4, 0.5) is 9.59 Å². The number of hydrogen-bond donors (Lipinski definition) is 1. The lowest BCUT2D eigenvalue weighted by atomic mass is 10.0. The van der Waals surface area contributed by atoms with Gasteiger partial charge in [-0.15, -0.1) is 0 Å². The summed E-state index contributed by atoms with van der Waals surface area (Å²) >= 11 is 0. The van der Waals surface area contributed by atoms with Crippen LogP contribution in [0.15, 0.2) is 11.6 Å². The number of hydrogen-bond acceptors (Lipinski definition) is 8. The molecule has 0 aliphatic carbocycles. The van der Waals surface area contributed by atoms with Gasteiger partial charge in [-0.1, -0.05) is 0 Å². The molecule has 0 unspecified atom stereocenters. The van der Waals surface area contributed by atoms with E-state index >= 15 is 0 Å². The Labute approximate surface area is 170 Å². The molecule has 0 fully saturated rings. The van der Waals surface area contributed by atoms with Gasteiger partial charge in [-0.25, -0.2) is 14.4 Å². The first-order valence-corrected chi connectivity index (χ1v) is 9.08. The summed E-state index contributed by atoms with van der Waals surface area (Å²) in [6.07, 6.45) is -2.82. The molecule has 0 saturated carbocycles. The van der Waals surface area contributed by atoms with E-state index in [9.17, 15) is 19.2 Å². The van der Waals surface area contributed by atoms with E-state index in [1.807, 2.05) is 0 Å². The van der Waals surface area contributed by atoms with Gasteiger partial charge in [0.25, 0.3) is 0 Å². The molecule has 2 atom stereocenters. The Morgan fingerprint density at radius 1 is 1.03 bits per heavy atom. The number of methoxy groups -OCH3 is 1. The van der Waals surface area contributed by atoms with E-state index in [2.05, 4.69) is 5.32 Å². The van der Waals surface area contributed by atoms with Crippen molar-refractivity contribution >= 4 is 24.1 Å². The lowest BCUT2D eigenvalue weighted by Gasteiger charge is -2.39. The van der Waals surface area contributed by atoms with Crippen molar-refractivity contribution in [2.45, 2.75) is 71.9 Å². The predicted molar refractivity (Wildman–Crippen MR) is 102 cm³/mol. The molecule has 10 nitrogen and oxygen atoms in total. The molecule has 1 aliphatic heterocycles. The van der Waals surface area contributed by atoms with Gasteiger partial charge in [0.05, 0.1) is 19.2 Å². The first kappa shape index (κ1) is 24.3. The minimum Gasteiger partial charge on any atom is -0.466 e. The predicted octanol–water partition coefficient (Wildman–Crippen LogP) is 2.12. The van der Waals surface area contributed by atoms with E-state index in [1.165, 1.54) is 20.1 Å². The average molecular weight is 414 g/mol. The molecule has 0 spiro atoms. The molecule has 2 amide bonds. The second-order valence-electron chi connectivity index (χ2n) is 8.48. The summed E-state index contributed by atoms with van der Waals surface area (Å²) in [4.78, 5) is 49.8. The zero-order chi connectivity index (χ0) is 22.6. The van der Waals surface area contributed by atoms with E-state index in [4.69, 9.17) is 18.9 Å². The third-order valence-electron chi connectivity index (χ3n) is 3.40. The lowest BCUT2D eigenvalue weighted by Crippen LogP contribution is -2.60. The molecule has 0 aromatic rings. The van der Waals surface area contributed by atoms with Crippen LogP contribution in [0.5, 0.6) is 0 Å². The van der Waals surface area contributed by atoms with Crippen LogP contribution in [0.3, 0.4) is 0 Å². The molecule has 164 valence electrons. The third kappa shape index (κ3) is 8.00. The lowest BCUT2D eigenvalue weighted by molar-refractivity contribution is -0.137. The summed E-state index contributed by atoms with van der Waals surface area (Å²) in [6, 6.07) is 0. The highest BCUT2D eigenvalue weighted by atomic mass is 16.7. The van der Waals surface area contributed by atoms with Crippen LogP contribution in [0.1, 0.15) is 48.5 Å². The first-order chi connectivity index (χ1) is 13.1. The first-order valence-electron chi connectivity index (χ1n) is 9.08. The zero-order valence-corrected chi connectivity index (χ0v) is 18.2. The Kier molecular flexibility index (Phi) is 7.65. The van der Waals surface area contributed by atoms with Crippen molar-refractivity contribution in [3.63, 3.8) is 0 Å². The highest BCUT2D eigenvalue weighted by Crippen LogP contribution is 2.23. The fraction of sp³-hybridized carbons (Fsp3) is 0.684. The van der Waals surface area contributed by atoms with E-state index < -0.39 is 47.6 Å². The van der Waals surface area contributed by atoms with Crippen molar-refractivity contribution < 1.29 is 38.1 Å². The largest absolute Gasteiger partial charge is 0.509 e. The van der Waals surface area contributed by atoms with Gasteiger partial charge < -0.3 is 24.3 Å². The van der Waals surface area contributed by atoms with Gasteiger partial charge in [0.1, 0.15) is 17.4 Å². The maximum atomic E-state index is 12.7. The fourth-order valence-electron chi connectivity index (χ4n) is 2.42. The summed E-state index contributed by atoms with van der Waals surface area (Å²) in [6.45, 7) is 11.0. The van der Waals surface area contributed by atoms with Crippen LogP contribution >= 0.6 is 0 Å². The summed E-state index contributed by atoms with van der Waals surface area (Å²) in [5, 5.41) is 2.55. The Hall–Kier alpha value is -2.78. The van der Waals surface area contributed by atoms with Crippen LogP contribution in [-0.4, -0.2) is 66.2 Å². The summed E-state index contributed by atoms with van der Waals surface area (Å²) in [5.41, 5.74) is -1.59. The number of carbonyl (C=O) groups is 4. The Balaban J connectivity index is 3.29. The number of ether oxygens (including phenoxy) is 4. The standard InChI is InChI=1S/C19H30N2O8/c1-11(22)20-14-13(27-17(25)29-19(5,6)7)9-12(15(23)26-8)10-21(14)16(24)28-18(2,3)4/h9,13-14H,10H2,1-8H3,(H,20,22)/t13-,14-/m0/s1. The molecule has 0 bridgehead atoms. The maximum absolute atomic E-state index is 12.7. The van der Waals surface area contributed by atoms with Gasteiger partial charge in [0.15, 0.2) is 6.10 Å². The van der Waals surface area contributed by atoms with Crippen LogP contribution in [-0.2, 0) is 28.5 Å². The minimum absolute atomic E-state index is 0.0634. The number of nitrogens with zero attached hydrogens (tertiary/aromatic N) is 1. The summed E-state index contributed by atoms with van der Waals surface area (Å²) in [7, 11) is 1.19. The smallest absolute Gasteiger partial charge is 0.466 e. The zero-order valence-electron chi connectivity index (χ0n) is 18.2. The number of nitrogens with one attached hydrogen (secondary N) is 1. The van der Waals surface area contributed by atoms with Crippen LogP contribution in [0, 0.1) is 0 Å². The average Bonchev–Trinajstić information content (AvgIpc) is 2.51. The van der Waals surface area contributed by atoms with Crippen molar-refractivity contribution in [2.24, 2.45) is 0 Å². The fourth-order valence-corrected chi connectivity index (χ4v) is 2.42. The Bertz CT molecular complexity index is 687. The van der Waals surface area contributed by atoms with E-state index in [1.54, 1.807) is 41.5 Å². The third-order valence-corrected chi connectivity index (χ3v) is 3.40. The van der Waals surface area contributed by atoms with Gasteiger partial charge in [0, 0.05) is 6.92 Å². The molecule has 1 heterocycles. The number of esters is 1. The van der Waals surface area contributed by atoms with Gasteiger partial charge in [-0.3, -0.25) is 9.69 Å². The van der Waals surface area contributed by atoms with Crippen LogP contribution < -0.4 is 5.32 Å². The van der Waals surface area contributed by atoms with Gasteiger partial charge >= 0.3 is 18.2 Å². The van der Waals surface area contributed by atoms with Gasteiger partial charge in [0.2, 0.25) is 5.91 Å². The van der Waals surface area contributed by atoms with Gasteiger partial charge in [-0.05, 0) is 47.6 Å². The van der Waals surface area contributed by atoms with Crippen molar-refractivity contribution in [3.05, 3.63) is 11.6 Å². The molecule has 0 radical (unpaired) electrons. The Morgan fingerprint density at radius 2 is 1.59 bits per heavy atom. The molecule has 1 aliphatic rings. The molecule has 10 heteroatoms. The minimum atomic E-state index is -1.20. The molecule has 0 saturated heterocycles. The molecule has 0 aromatic heterocycles. The van der Waals surface area contributed by atoms with E-state index in [0.29, 0.717) is 0 Å². The van der Waals surface area contributed by atoms with Crippen LogP contribution in [0.25, 0.3) is 0 Å². The number of amides is 2. The summed E-state index contributed by atoms with van der Waals surface area (Å²) < 4.78 is 20.5. The molecule has 1 N–H and O–H groups in total. The topological polar surface area (TPSA) is 120 Å². The van der Waals surface area contributed by atoms with E-state index in [-0.39, 0.29) is 12.1 Å². The second-order valence-corrected chi connectivity index (χ2v) is 8.48. The molecule has 0 aromatic carbocycles. The van der Waals surface area contributed by atoms with E-state index in [0.717, 1.165) is 4.90 Å². The quantitative estimate of drug-likeness (QED) is 0.551. The Morgan fingerprint density at radius 3 is 2.03 bits per heavy atom. The van der Waals surface area contributed by atoms with Crippen molar-refractivity contribution in [1.82, 2.24) is 10.2 Å². The monoisotopic (exact) mass is 414 g/mol. The van der Waals surface area contributed by atoms with Crippen molar-refractivity contribution in [3.8, 4) is 0 Å². The highest BCUT2D eigenvalue weighted by molar-refractivity contribution is 5.90. The van der Waals surface area contributed by atoms with Crippen molar-refractivity contribution in [1.29, 1.82) is 0 Å². The second kappa shape index (κ2) is 9.15. The maximum Gasteiger partial charge on any atom is 0.509 e. The van der Waals surface area contributed by atoms with Crippen molar-refractivity contribution in [2.75, 3.05) is 13.7 Å². The highest BCUT2D eigenvalue weighted by Gasteiger charge is 2.41. The molecular weight excluding hydrogens is 384 g/mol. The van der Waals surface area contributed by atoms with Crippen LogP contribution in [0.2, 0.25) is 0 Å². The molecule has 1 rings (SSSR count). The number of rotatable bonds is 3. The molecule has 29 heavy (non-hydrogen) atoms. The molecular formula is C19H30N2O8. The van der Waals surface area contributed by atoms with Gasteiger partial charge in [-0.2, -0.15) is 0 Å². The summed E-state index contributed by atoms with van der Waals surface area (Å²) in [5.74, 6) is -1.19. The number of carbonyl (C=O) groups excluding carboxylic acids is 4. The normalized spacial score (nSPS) is 19.6.